The molecule has 14 heavy (non-hydrogen) atoms. The molecule has 1 aromatic heterocycles. The summed E-state index contributed by atoms with van der Waals surface area (Å²) in [6.07, 6.45) is 1.99. The van der Waals surface area contributed by atoms with Gasteiger partial charge in [-0.15, -0.1) is 0 Å². The average Bonchev–Trinajstić information content (AvgIpc) is 2.45. The lowest BCUT2D eigenvalue weighted by molar-refractivity contribution is 0.630. The van der Waals surface area contributed by atoms with E-state index >= 15 is 0 Å². The second-order valence-corrected chi connectivity index (χ2v) is 6.63. The quantitative estimate of drug-likeness (QED) is 0.695. The van der Waals surface area contributed by atoms with Gasteiger partial charge in [0.05, 0.1) is 5.03 Å². The summed E-state index contributed by atoms with van der Waals surface area (Å²) in [6.45, 7) is 0. The third-order valence-corrected chi connectivity index (χ3v) is 3.37. The monoisotopic (exact) mass is 209 g/mol. The van der Waals surface area contributed by atoms with Gasteiger partial charge in [0.1, 0.15) is 5.82 Å². The highest BCUT2D eigenvalue weighted by molar-refractivity contribution is 8.27. The van der Waals surface area contributed by atoms with Crippen molar-refractivity contribution in [2.45, 2.75) is 5.03 Å². The van der Waals surface area contributed by atoms with Crippen molar-refractivity contribution < 1.29 is 4.39 Å². The van der Waals surface area contributed by atoms with Crippen LogP contribution in [0.4, 0.5) is 4.39 Å². The number of nitrogens with one attached hydrogen (secondary N) is 1. The molecule has 3 heteroatoms. The van der Waals surface area contributed by atoms with Gasteiger partial charge in [0.25, 0.3) is 0 Å². The predicted octanol–water partition coefficient (Wildman–Crippen LogP) is 2.96. The zero-order valence-electron chi connectivity index (χ0n) is 8.01. The molecule has 0 aliphatic rings. The predicted molar refractivity (Wildman–Crippen MR) is 64.3 cm³/mol. The third kappa shape index (κ3) is 1.55. The molecule has 2 rings (SSSR count). The van der Waals surface area contributed by atoms with Gasteiger partial charge in [-0.25, -0.2) is 4.39 Å². The highest BCUT2D eigenvalue weighted by Crippen LogP contribution is 2.30. The van der Waals surface area contributed by atoms with E-state index in [4.69, 9.17) is 0 Å². The van der Waals surface area contributed by atoms with E-state index in [0.29, 0.717) is 0 Å². The van der Waals surface area contributed by atoms with Crippen LogP contribution in [-0.2, 0) is 0 Å². The molecule has 0 unspecified atom stereocenters. The highest BCUT2D eigenvalue weighted by atomic mass is 32.2. The lowest BCUT2D eigenvalue weighted by Crippen LogP contribution is -1.75. The van der Waals surface area contributed by atoms with Crippen molar-refractivity contribution in [1.29, 1.82) is 0 Å². The van der Waals surface area contributed by atoms with Crippen LogP contribution in [0.25, 0.3) is 10.9 Å². The summed E-state index contributed by atoms with van der Waals surface area (Å²) in [4.78, 5) is 3.21. The van der Waals surface area contributed by atoms with Crippen molar-refractivity contribution in [1.82, 2.24) is 4.98 Å². The molecule has 2 aromatic rings. The van der Waals surface area contributed by atoms with Gasteiger partial charge in [0.15, 0.2) is 0 Å². The van der Waals surface area contributed by atoms with Crippen molar-refractivity contribution in [3.63, 3.8) is 0 Å². The van der Waals surface area contributed by atoms with E-state index in [9.17, 15) is 4.39 Å². The van der Waals surface area contributed by atoms with Gasteiger partial charge in [-0.05, 0) is 30.5 Å². The summed E-state index contributed by atoms with van der Waals surface area (Å²) >= 11 is 0. The summed E-state index contributed by atoms with van der Waals surface area (Å²) in [7, 11) is -1.26. The Balaban J connectivity index is 2.75. The highest BCUT2D eigenvalue weighted by Gasteiger charge is 2.02. The third-order valence-electron chi connectivity index (χ3n) is 2.09. The Hall–Kier alpha value is -1.22. The van der Waals surface area contributed by atoms with Crippen molar-refractivity contribution in [3.8, 4) is 0 Å². The van der Waals surface area contributed by atoms with Crippen LogP contribution >= 0.6 is 9.21 Å². The molecule has 0 saturated carbocycles. The normalized spacial score (nSPS) is 12.1. The van der Waals surface area contributed by atoms with Gasteiger partial charge < -0.3 is 4.98 Å². The number of aromatic amines is 1. The van der Waals surface area contributed by atoms with E-state index in [2.05, 4.69) is 16.7 Å². The lowest BCUT2D eigenvalue weighted by atomic mass is 10.2. The maximum absolute atomic E-state index is 12.9. The maximum atomic E-state index is 12.9. The number of aromatic nitrogens is 1. The van der Waals surface area contributed by atoms with Crippen LogP contribution in [-0.4, -0.2) is 23.0 Å². The fourth-order valence-electron chi connectivity index (χ4n) is 1.34. The molecule has 74 valence electrons. The second kappa shape index (κ2) is 2.89. The number of benzene rings is 1. The van der Waals surface area contributed by atoms with E-state index in [-0.39, 0.29) is 5.82 Å². The van der Waals surface area contributed by atoms with Gasteiger partial charge in [-0.2, -0.15) is 9.21 Å². The van der Waals surface area contributed by atoms with Gasteiger partial charge in [0.2, 0.25) is 0 Å². The summed E-state index contributed by atoms with van der Waals surface area (Å²) in [5, 5.41) is 1.88. The molecule has 1 nitrogen and oxygen atoms in total. The molecule has 1 N–H and O–H groups in total. The van der Waals surface area contributed by atoms with Crippen LogP contribution in [0.5, 0.6) is 0 Å². The summed E-state index contributed by atoms with van der Waals surface area (Å²) in [6, 6.07) is 6.62. The Bertz CT molecular complexity index is 578. The van der Waals surface area contributed by atoms with Crippen LogP contribution in [0.2, 0.25) is 0 Å². The molecule has 0 bridgehead atoms. The first-order chi connectivity index (χ1) is 6.47. The Morgan fingerprint density at radius 2 is 2.00 bits per heavy atom. The number of hydrogen-bond donors (Lipinski definition) is 1. The van der Waals surface area contributed by atoms with Crippen LogP contribution in [0.15, 0.2) is 29.3 Å². The minimum atomic E-state index is -1.26. The van der Waals surface area contributed by atoms with E-state index in [1.165, 1.54) is 12.1 Å². The van der Waals surface area contributed by atoms with Crippen molar-refractivity contribution in [3.05, 3.63) is 30.1 Å². The largest absolute Gasteiger partial charge is 0.350 e. The van der Waals surface area contributed by atoms with E-state index in [1.54, 1.807) is 6.07 Å². The maximum Gasteiger partial charge on any atom is 0.123 e. The van der Waals surface area contributed by atoms with Crippen LogP contribution < -0.4 is 0 Å². The molecule has 0 aliphatic carbocycles. The Morgan fingerprint density at radius 3 is 2.64 bits per heavy atom. The number of H-pyrrole nitrogens is 1. The number of halogens is 1. The molecule has 0 amide bonds. The first-order valence-corrected chi connectivity index (χ1v) is 6.57. The Morgan fingerprint density at radius 1 is 1.29 bits per heavy atom. The van der Waals surface area contributed by atoms with Gasteiger partial charge in [-0.3, -0.25) is 0 Å². The second-order valence-electron chi connectivity index (χ2n) is 3.64. The van der Waals surface area contributed by atoms with E-state index in [0.717, 1.165) is 15.9 Å². The van der Waals surface area contributed by atoms with Crippen LogP contribution in [0.1, 0.15) is 0 Å². The average molecular weight is 209 g/mol. The zero-order chi connectivity index (χ0) is 10.3. The van der Waals surface area contributed by atoms with Gasteiger partial charge >= 0.3 is 0 Å². The topological polar surface area (TPSA) is 15.8 Å². The molecule has 0 spiro atoms. The molecule has 0 saturated heterocycles. The minimum Gasteiger partial charge on any atom is -0.350 e. The fraction of sp³-hybridized carbons (Fsp3) is 0.0909. The number of fused-ring (bicyclic) bond motifs is 1. The molecule has 1 aromatic carbocycles. The molecular formula is C11H12FNS. The molecule has 0 atom stereocenters. The van der Waals surface area contributed by atoms with Gasteiger partial charge in [-0.1, -0.05) is 11.7 Å². The Kier molecular flexibility index (Phi) is 1.93. The molecule has 1 heterocycles. The molecular weight excluding hydrogens is 197 g/mol. The fourth-order valence-corrected chi connectivity index (χ4v) is 2.11. The van der Waals surface area contributed by atoms with Crippen LogP contribution in [0, 0.1) is 5.82 Å². The summed E-state index contributed by atoms with van der Waals surface area (Å²) < 4.78 is 12.9. The Labute approximate surface area is 83.0 Å². The zero-order valence-corrected chi connectivity index (χ0v) is 8.83. The van der Waals surface area contributed by atoms with Crippen molar-refractivity contribution >= 4 is 31.8 Å². The van der Waals surface area contributed by atoms with Crippen molar-refractivity contribution in [2.75, 3.05) is 6.26 Å². The molecule has 0 radical (unpaired) electrons. The lowest BCUT2D eigenvalue weighted by Gasteiger charge is -2.02. The standard InChI is InChI=1S/C11H12FNS/c1-14(2,3)11-7-8-6-9(12)4-5-10(8)13-11/h4-7,13H,1-2H2,3H3. The smallest absolute Gasteiger partial charge is 0.123 e. The SMILES string of the molecule is C=S(=C)(C)c1cc2cc(F)ccc2[nH]1. The van der Waals surface area contributed by atoms with Crippen molar-refractivity contribution in [2.24, 2.45) is 0 Å². The first kappa shape index (κ1) is 9.34. The summed E-state index contributed by atoms with van der Waals surface area (Å²) in [5.41, 5.74) is 0.937. The molecule has 0 aliphatic heterocycles. The molecule has 0 fully saturated rings. The first-order valence-electron chi connectivity index (χ1n) is 4.19. The van der Waals surface area contributed by atoms with Crippen LogP contribution in [0.3, 0.4) is 0 Å². The van der Waals surface area contributed by atoms with E-state index in [1.807, 2.05) is 12.3 Å². The summed E-state index contributed by atoms with van der Waals surface area (Å²) in [5.74, 6) is 7.80. The number of rotatable bonds is 1. The number of hydrogen-bond acceptors (Lipinski definition) is 0. The van der Waals surface area contributed by atoms with Gasteiger partial charge in [0, 0.05) is 10.9 Å². The minimum absolute atomic E-state index is 0.215. The van der Waals surface area contributed by atoms with E-state index < -0.39 is 9.21 Å².